The molecule has 6 heteroatoms. The topological polar surface area (TPSA) is 63.3 Å². The van der Waals surface area contributed by atoms with E-state index in [0.29, 0.717) is 0 Å². The predicted octanol–water partition coefficient (Wildman–Crippen LogP) is 1.31. The van der Waals surface area contributed by atoms with Crippen molar-refractivity contribution in [3.63, 3.8) is 0 Å². The quantitative estimate of drug-likeness (QED) is 0.770. The van der Waals surface area contributed by atoms with Gasteiger partial charge >= 0.3 is 5.97 Å². The largest absolute Gasteiger partial charge is 0.481 e. The van der Waals surface area contributed by atoms with Gasteiger partial charge in [-0.25, -0.2) is 13.2 Å². The van der Waals surface area contributed by atoms with Crippen LogP contribution in [0.2, 0.25) is 0 Å². The van der Waals surface area contributed by atoms with E-state index >= 15 is 0 Å². The summed E-state index contributed by atoms with van der Waals surface area (Å²) in [6, 6.07) is 1.54. The Hall–Kier alpha value is -1.56. The first kappa shape index (κ1) is 12.5. The number of nitrogens with two attached hydrogens (primary N) is 1. The van der Waals surface area contributed by atoms with Crippen LogP contribution in [-0.2, 0) is 11.2 Å². The van der Waals surface area contributed by atoms with Gasteiger partial charge in [0.2, 0.25) is 0 Å². The first-order valence-electron chi connectivity index (χ1n) is 4.52. The molecule has 0 aliphatic rings. The number of aliphatic carboxylic acids is 1. The molecule has 16 heavy (non-hydrogen) atoms. The van der Waals surface area contributed by atoms with E-state index in [4.69, 9.17) is 10.8 Å². The highest BCUT2D eigenvalue weighted by Gasteiger charge is 2.18. The lowest BCUT2D eigenvalue weighted by Gasteiger charge is -2.09. The Kier molecular flexibility index (Phi) is 3.89. The Labute approximate surface area is 89.7 Å². The van der Waals surface area contributed by atoms with Crippen molar-refractivity contribution in [2.45, 2.75) is 6.42 Å². The van der Waals surface area contributed by atoms with Gasteiger partial charge in [-0.05, 0) is 24.1 Å². The van der Waals surface area contributed by atoms with Crippen molar-refractivity contribution in [3.8, 4) is 0 Å². The fraction of sp³-hybridized carbons (Fsp3) is 0.300. The van der Waals surface area contributed by atoms with E-state index in [-0.39, 0.29) is 18.5 Å². The van der Waals surface area contributed by atoms with E-state index in [1.54, 1.807) is 0 Å². The van der Waals surface area contributed by atoms with Crippen molar-refractivity contribution in [3.05, 3.63) is 35.1 Å². The van der Waals surface area contributed by atoms with Crippen LogP contribution in [0.3, 0.4) is 0 Å². The molecular formula is C10H10F3NO2. The van der Waals surface area contributed by atoms with E-state index in [1.165, 1.54) is 0 Å². The monoisotopic (exact) mass is 233 g/mol. The number of hydrogen-bond acceptors (Lipinski definition) is 2. The van der Waals surface area contributed by atoms with Crippen molar-refractivity contribution in [2.75, 3.05) is 6.54 Å². The molecule has 1 unspecified atom stereocenters. The third kappa shape index (κ3) is 2.73. The predicted molar refractivity (Wildman–Crippen MR) is 50.2 cm³/mol. The van der Waals surface area contributed by atoms with Crippen LogP contribution in [0.5, 0.6) is 0 Å². The summed E-state index contributed by atoms with van der Waals surface area (Å²) in [6.07, 6.45) is -0.139. The molecule has 1 aromatic carbocycles. The maximum Gasteiger partial charge on any atom is 0.308 e. The van der Waals surface area contributed by atoms with E-state index < -0.39 is 29.3 Å². The number of carbonyl (C=O) groups is 1. The zero-order chi connectivity index (χ0) is 12.3. The zero-order valence-corrected chi connectivity index (χ0v) is 8.21. The molecule has 0 fully saturated rings. The van der Waals surface area contributed by atoms with Crippen molar-refractivity contribution in [1.82, 2.24) is 0 Å². The third-order valence-corrected chi connectivity index (χ3v) is 2.16. The number of halogens is 3. The number of carboxylic acid groups (broad SMARTS) is 1. The molecule has 0 saturated heterocycles. The molecule has 0 saturated carbocycles. The Morgan fingerprint density at radius 3 is 2.19 bits per heavy atom. The van der Waals surface area contributed by atoms with Crippen LogP contribution >= 0.6 is 0 Å². The Balaban J connectivity index is 2.93. The molecule has 1 atom stereocenters. The molecular weight excluding hydrogens is 223 g/mol. The standard InChI is InChI=1S/C10H10F3NO2/c11-7-2-5(3-8(12)9(7)13)1-6(4-14)10(15)16/h2-3,6H,1,4,14H2,(H,15,16). The van der Waals surface area contributed by atoms with E-state index in [1.807, 2.05) is 0 Å². The molecule has 3 N–H and O–H groups in total. The molecule has 0 radical (unpaired) electrons. The molecule has 0 aliphatic heterocycles. The number of carboxylic acids is 1. The Bertz CT molecular complexity index is 386. The lowest BCUT2D eigenvalue weighted by atomic mass is 9.99. The van der Waals surface area contributed by atoms with Crippen LogP contribution in [-0.4, -0.2) is 17.6 Å². The van der Waals surface area contributed by atoms with Gasteiger partial charge in [0.05, 0.1) is 5.92 Å². The summed E-state index contributed by atoms with van der Waals surface area (Å²) in [7, 11) is 0. The van der Waals surface area contributed by atoms with Crippen molar-refractivity contribution >= 4 is 5.97 Å². The van der Waals surface area contributed by atoms with Crippen LogP contribution in [0.4, 0.5) is 13.2 Å². The molecule has 88 valence electrons. The summed E-state index contributed by atoms with van der Waals surface area (Å²) < 4.78 is 38.2. The normalized spacial score (nSPS) is 12.5. The summed E-state index contributed by atoms with van der Waals surface area (Å²) in [5, 5.41) is 8.69. The van der Waals surface area contributed by atoms with Gasteiger partial charge < -0.3 is 10.8 Å². The average Bonchev–Trinajstić information content (AvgIpc) is 2.21. The number of rotatable bonds is 4. The summed E-state index contributed by atoms with van der Waals surface area (Å²) in [4.78, 5) is 10.6. The van der Waals surface area contributed by atoms with Gasteiger partial charge in [0.1, 0.15) is 0 Å². The van der Waals surface area contributed by atoms with Gasteiger partial charge in [0.15, 0.2) is 17.5 Å². The summed E-state index contributed by atoms with van der Waals surface area (Å²) in [5.74, 6) is -6.34. The maximum absolute atomic E-state index is 12.8. The zero-order valence-electron chi connectivity index (χ0n) is 8.21. The highest BCUT2D eigenvalue weighted by Crippen LogP contribution is 2.16. The Morgan fingerprint density at radius 2 is 1.81 bits per heavy atom. The molecule has 0 aliphatic carbocycles. The molecule has 0 bridgehead atoms. The van der Waals surface area contributed by atoms with Crippen LogP contribution in [0.15, 0.2) is 12.1 Å². The van der Waals surface area contributed by atoms with Crippen LogP contribution in [0, 0.1) is 23.4 Å². The second-order valence-corrected chi connectivity index (χ2v) is 3.35. The summed E-state index contributed by atoms with van der Waals surface area (Å²) >= 11 is 0. The smallest absolute Gasteiger partial charge is 0.308 e. The lowest BCUT2D eigenvalue weighted by Crippen LogP contribution is -2.25. The fourth-order valence-electron chi connectivity index (χ4n) is 1.28. The first-order chi connectivity index (χ1) is 7.45. The van der Waals surface area contributed by atoms with E-state index in [9.17, 15) is 18.0 Å². The maximum atomic E-state index is 12.8. The van der Waals surface area contributed by atoms with Gasteiger partial charge in [0.25, 0.3) is 0 Å². The Morgan fingerprint density at radius 1 is 1.31 bits per heavy atom. The van der Waals surface area contributed by atoms with Gasteiger partial charge in [-0.15, -0.1) is 0 Å². The first-order valence-corrected chi connectivity index (χ1v) is 4.52. The average molecular weight is 233 g/mol. The second kappa shape index (κ2) is 4.98. The third-order valence-electron chi connectivity index (χ3n) is 2.16. The van der Waals surface area contributed by atoms with Gasteiger partial charge in [-0.3, -0.25) is 4.79 Å². The molecule has 1 aromatic rings. The van der Waals surface area contributed by atoms with Crippen LogP contribution < -0.4 is 5.73 Å². The minimum Gasteiger partial charge on any atom is -0.481 e. The highest BCUT2D eigenvalue weighted by molar-refractivity contribution is 5.70. The molecule has 0 aromatic heterocycles. The number of hydrogen-bond donors (Lipinski definition) is 2. The molecule has 0 heterocycles. The van der Waals surface area contributed by atoms with Gasteiger partial charge in [0, 0.05) is 6.54 Å². The second-order valence-electron chi connectivity index (χ2n) is 3.35. The van der Waals surface area contributed by atoms with Crippen molar-refractivity contribution in [1.29, 1.82) is 0 Å². The van der Waals surface area contributed by atoms with Crippen LogP contribution in [0.25, 0.3) is 0 Å². The highest BCUT2D eigenvalue weighted by atomic mass is 19.2. The van der Waals surface area contributed by atoms with Crippen LogP contribution in [0.1, 0.15) is 5.56 Å². The van der Waals surface area contributed by atoms with Gasteiger partial charge in [-0.1, -0.05) is 0 Å². The lowest BCUT2D eigenvalue weighted by molar-refractivity contribution is -0.141. The molecule has 1 rings (SSSR count). The van der Waals surface area contributed by atoms with Gasteiger partial charge in [-0.2, -0.15) is 0 Å². The fourth-order valence-corrected chi connectivity index (χ4v) is 1.28. The van der Waals surface area contributed by atoms with Crippen molar-refractivity contribution < 1.29 is 23.1 Å². The van der Waals surface area contributed by atoms with Crippen molar-refractivity contribution in [2.24, 2.45) is 11.7 Å². The summed E-state index contributed by atoms with van der Waals surface area (Å²) in [6.45, 7) is -0.157. The SMILES string of the molecule is NCC(Cc1cc(F)c(F)c(F)c1)C(=O)O. The minimum absolute atomic E-state index is 0.0641. The van der Waals surface area contributed by atoms with E-state index in [0.717, 1.165) is 12.1 Å². The van der Waals surface area contributed by atoms with E-state index in [2.05, 4.69) is 0 Å². The minimum atomic E-state index is -1.57. The number of benzene rings is 1. The summed E-state index contributed by atoms with van der Waals surface area (Å²) in [5.41, 5.74) is 5.25. The molecule has 3 nitrogen and oxygen atoms in total. The molecule has 0 spiro atoms. The molecule has 0 amide bonds.